The zero-order valence-corrected chi connectivity index (χ0v) is 15.3. The average Bonchev–Trinajstić information content (AvgIpc) is 2.71. The van der Waals surface area contributed by atoms with Gasteiger partial charge in [0.05, 0.1) is 39.7 Å². The maximum absolute atomic E-state index is 12.1. The van der Waals surface area contributed by atoms with Crippen LogP contribution in [0, 0.1) is 0 Å². The number of para-hydroxylation sites is 1. The van der Waals surface area contributed by atoms with E-state index in [2.05, 4.69) is 15.8 Å². The number of methoxy groups -OCH3 is 3. The Hall–Kier alpha value is -3.55. The summed E-state index contributed by atoms with van der Waals surface area (Å²) in [7, 11) is 4.55. The monoisotopic (exact) mass is 371 g/mol. The molecule has 2 N–H and O–H groups in total. The first-order valence-corrected chi connectivity index (χ1v) is 8.04. The van der Waals surface area contributed by atoms with Gasteiger partial charge in [0.25, 0.3) is 11.8 Å². The highest BCUT2D eigenvalue weighted by atomic mass is 16.5. The summed E-state index contributed by atoms with van der Waals surface area (Å²) in [6.45, 7) is -0.222. The Balaban J connectivity index is 1.87. The van der Waals surface area contributed by atoms with Crippen molar-refractivity contribution >= 4 is 18.0 Å². The highest BCUT2D eigenvalue weighted by Gasteiger charge is 2.12. The molecule has 27 heavy (non-hydrogen) atoms. The lowest BCUT2D eigenvalue weighted by Gasteiger charge is -2.08. The number of rotatable bonds is 8. The topological polar surface area (TPSA) is 98.2 Å². The standard InChI is InChI=1S/C19H21N3O5/c1-25-15-7-5-4-6-14(15)19(24)20-12-18(23)22-21-11-13-8-9-16(26-2)17(10-13)27-3/h4-11H,12H2,1-3H3,(H,20,24)(H,22,23). The van der Waals surface area contributed by atoms with Crippen molar-refractivity contribution in [1.82, 2.24) is 10.7 Å². The van der Waals surface area contributed by atoms with Crippen LogP contribution >= 0.6 is 0 Å². The average molecular weight is 371 g/mol. The first-order valence-electron chi connectivity index (χ1n) is 8.04. The largest absolute Gasteiger partial charge is 0.496 e. The van der Waals surface area contributed by atoms with Gasteiger partial charge in [-0.25, -0.2) is 5.43 Å². The minimum atomic E-state index is -0.463. The zero-order chi connectivity index (χ0) is 19.6. The Morgan fingerprint density at radius 1 is 0.963 bits per heavy atom. The summed E-state index contributed by atoms with van der Waals surface area (Å²) in [4.78, 5) is 24.0. The zero-order valence-electron chi connectivity index (χ0n) is 15.3. The highest BCUT2D eigenvalue weighted by Crippen LogP contribution is 2.26. The van der Waals surface area contributed by atoms with Gasteiger partial charge in [0.15, 0.2) is 11.5 Å². The SMILES string of the molecule is COc1ccc(C=NNC(=O)CNC(=O)c2ccccc2OC)cc1OC. The quantitative estimate of drug-likeness (QED) is 0.542. The van der Waals surface area contributed by atoms with Crippen molar-refractivity contribution < 1.29 is 23.8 Å². The van der Waals surface area contributed by atoms with Crippen molar-refractivity contribution in [3.8, 4) is 17.2 Å². The predicted octanol–water partition coefficient (Wildman–Crippen LogP) is 1.59. The number of ether oxygens (including phenoxy) is 3. The molecule has 0 radical (unpaired) electrons. The fraction of sp³-hybridized carbons (Fsp3) is 0.211. The van der Waals surface area contributed by atoms with Gasteiger partial charge in [0.1, 0.15) is 5.75 Å². The van der Waals surface area contributed by atoms with Gasteiger partial charge in [-0.2, -0.15) is 5.10 Å². The summed E-state index contributed by atoms with van der Waals surface area (Å²) in [6.07, 6.45) is 1.46. The van der Waals surface area contributed by atoms with Gasteiger partial charge < -0.3 is 19.5 Å². The van der Waals surface area contributed by atoms with E-state index in [1.165, 1.54) is 20.4 Å². The van der Waals surface area contributed by atoms with Gasteiger partial charge in [-0.15, -0.1) is 0 Å². The van der Waals surface area contributed by atoms with Crippen LogP contribution in [0.3, 0.4) is 0 Å². The van der Waals surface area contributed by atoms with Crippen LogP contribution in [-0.4, -0.2) is 45.9 Å². The smallest absolute Gasteiger partial charge is 0.259 e. The molecule has 0 aliphatic heterocycles. The molecule has 0 atom stereocenters. The molecule has 0 aliphatic rings. The van der Waals surface area contributed by atoms with Crippen molar-refractivity contribution in [3.63, 3.8) is 0 Å². The van der Waals surface area contributed by atoms with Crippen molar-refractivity contribution in [2.45, 2.75) is 0 Å². The van der Waals surface area contributed by atoms with E-state index in [-0.39, 0.29) is 6.54 Å². The van der Waals surface area contributed by atoms with Gasteiger partial charge in [-0.05, 0) is 35.9 Å². The molecule has 0 unspecified atom stereocenters. The molecule has 8 nitrogen and oxygen atoms in total. The molecule has 0 saturated heterocycles. The molecule has 8 heteroatoms. The fourth-order valence-corrected chi connectivity index (χ4v) is 2.24. The van der Waals surface area contributed by atoms with Crippen LogP contribution in [0.5, 0.6) is 17.2 Å². The molecule has 142 valence electrons. The minimum absolute atomic E-state index is 0.222. The van der Waals surface area contributed by atoms with Gasteiger partial charge in [0, 0.05) is 0 Å². The lowest BCUT2D eigenvalue weighted by molar-refractivity contribution is -0.120. The first-order chi connectivity index (χ1) is 13.1. The van der Waals surface area contributed by atoms with Crippen molar-refractivity contribution in [1.29, 1.82) is 0 Å². The number of hydrogen-bond donors (Lipinski definition) is 2. The van der Waals surface area contributed by atoms with Crippen LogP contribution in [0.15, 0.2) is 47.6 Å². The number of nitrogens with zero attached hydrogens (tertiary/aromatic N) is 1. The lowest BCUT2D eigenvalue weighted by Crippen LogP contribution is -2.35. The number of hydrogen-bond acceptors (Lipinski definition) is 6. The number of benzene rings is 2. The Morgan fingerprint density at radius 2 is 1.67 bits per heavy atom. The summed E-state index contributed by atoms with van der Waals surface area (Å²) >= 11 is 0. The summed E-state index contributed by atoms with van der Waals surface area (Å²) < 4.78 is 15.5. The Kier molecular flexibility index (Phi) is 7.18. The van der Waals surface area contributed by atoms with Gasteiger partial charge in [-0.1, -0.05) is 12.1 Å². The minimum Gasteiger partial charge on any atom is -0.496 e. The van der Waals surface area contributed by atoms with Crippen LogP contribution in [0.1, 0.15) is 15.9 Å². The van der Waals surface area contributed by atoms with Crippen molar-refractivity contribution in [2.24, 2.45) is 5.10 Å². The molecule has 0 fully saturated rings. The van der Waals surface area contributed by atoms with E-state index in [0.717, 1.165) is 0 Å². The van der Waals surface area contributed by atoms with E-state index in [9.17, 15) is 9.59 Å². The molecule has 0 saturated carbocycles. The third-order valence-electron chi connectivity index (χ3n) is 3.57. The molecule has 2 aromatic carbocycles. The van der Waals surface area contributed by atoms with E-state index >= 15 is 0 Å². The molecule has 2 rings (SSSR count). The molecule has 0 heterocycles. The van der Waals surface area contributed by atoms with E-state index in [1.54, 1.807) is 49.6 Å². The third-order valence-corrected chi connectivity index (χ3v) is 3.57. The summed E-state index contributed by atoms with van der Waals surface area (Å²) in [5.41, 5.74) is 3.41. The number of nitrogens with one attached hydrogen (secondary N) is 2. The fourth-order valence-electron chi connectivity index (χ4n) is 2.24. The second-order valence-electron chi connectivity index (χ2n) is 5.29. The molecule has 2 aromatic rings. The Bertz CT molecular complexity index is 836. The normalized spacial score (nSPS) is 10.3. The van der Waals surface area contributed by atoms with Crippen LogP contribution < -0.4 is 25.0 Å². The number of amides is 2. The molecule has 0 aromatic heterocycles. The van der Waals surface area contributed by atoms with E-state index in [0.29, 0.717) is 28.4 Å². The number of carbonyl (C=O) groups is 2. The van der Waals surface area contributed by atoms with Crippen molar-refractivity contribution in [2.75, 3.05) is 27.9 Å². The Morgan fingerprint density at radius 3 is 2.37 bits per heavy atom. The third kappa shape index (κ3) is 5.46. The van der Waals surface area contributed by atoms with Gasteiger partial charge in [-0.3, -0.25) is 9.59 Å². The van der Waals surface area contributed by atoms with Gasteiger partial charge >= 0.3 is 0 Å². The summed E-state index contributed by atoms with van der Waals surface area (Å²) in [6, 6.07) is 12.0. The van der Waals surface area contributed by atoms with Crippen LogP contribution in [0.25, 0.3) is 0 Å². The predicted molar refractivity (Wildman–Crippen MR) is 101 cm³/mol. The first kappa shape index (κ1) is 19.8. The van der Waals surface area contributed by atoms with Crippen molar-refractivity contribution in [3.05, 3.63) is 53.6 Å². The van der Waals surface area contributed by atoms with Crippen LogP contribution in [-0.2, 0) is 4.79 Å². The number of carbonyl (C=O) groups excluding carboxylic acids is 2. The van der Waals surface area contributed by atoms with Crippen LogP contribution in [0.2, 0.25) is 0 Å². The molecule has 0 spiro atoms. The summed E-state index contributed by atoms with van der Waals surface area (Å²) in [5, 5.41) is 6.37. The van der Waals surface area contributed by atoms with E-state index in [4.69, 9.17) is 14.2 Å². The second-order valence-corrected chi connectivity index (χ2v) is 5.29. The van der Waals surface area contributed by atoms with Crippen LogP contribution in [0.4, 0.5) is 0 Å². The van der Waals surface area contributed by atoms with E-state index < -0.39 is 11.8 Å². The van der Waals surface area contributed by atoms with Gasteiger partial charge in [0.2, 0.25) is 0 Å². The molecular weight excluding hydrogens is 350 g/mol. The molecule has 0 aliphatic carbocycles. The van der Waals surface area contributed by atoms with E-state index in [1.807, 2.05) is 0 Å². The Labute approximate surface area is 157 Å². The summed E-state index contributed by atoms with van der Waals surface area (Å²) in [5.74, 6) is 0.706. The lowest BCUT2D eigenvalue weighted by atomic mass is 10.2. The maximum Gasteiger partial charge on any atom is 0.259 e. The molecule has 0 bridgehead atoms. The molecule has 2 amide bonds. The highest BCUT2D eigenvalue weighted by molar-refractivity contribution is 5.98. The maximum atomic E-state index is 12.1. The molecular formula is C19H21N3O5. The second kappa shape index (κ2) is 9.81. The number of hydrazone groups is 1.